The van der Waals surface area contributed by atoms with Crippen molar-refractivity contribution in [3.05, 3.63) is 57.3 Å². The summed E-state index contributed by atoms with van der Waals surface area (Å²) in [4.78, 5) is 37.7. The first-order valence-electron chi connectivity index (χ1n) is 8.27. The van der Waals surface area contributed by atoms with Gasteiger partial charge in [-0.25, -0.2) is 4.79 Å². The zero-order chi connectivity index (χ0) is 20.3. The second kappa shape index (κ2) is 8.53. The largest absolute Gasteiger partial charge is 0.493 e. The SMILES string of the molecule is CCOc1ccc(Cl)cc1C=C1SC(=O)N(Cc2ccc(C(=O)OC)o2)C1=O. The third kappa shape index (κ3) is 4.23. The molecule has 1 aliphatic heterocycles. The number of carbonyl (C=O) groups excluding carboxylic acids is 3. The first kappa shape index (κ1) is 20.0. The molecule has 0 saturated carbocycles. The highest BCUT2D eigenvalue weighted by atomic mass is 35.5. The van der Waals surface area contributed by atoms with Crippen LogP contribution in [0, 0.1) is 0 Å². The molecule has 0 bridgehead atoms. The summed E-state index contributed by atoms with van der Waals surface area (Å²) in [5, 5.41) is 0.0483. The van der Waals surface area contributed by atoms with Gasteiger partial charge in [0.25, 0.3) is 11.1 Å². The fraction of sp³-hybridized carbons (Fsp3) is 0.211. The maximum atomic E-state index is 12.7. The van der Waals surface area contributed by atoms with Gasteiger partial charge < -0.3 is 13.9 Å². The molecule has 1 fully saturated rings. The first-order valence-corrected chi connectivity index (χ1v) is 9.47. The summed E-state index contributed by atoms with van der Waals surface area (Å²) in [6.07, 6.45) is 1.57. The molecule has 1 aromatic heterocycles. The van der Waals surface area contributed by atoms with Crippen LogP contribution >= 0.6 is 23.4 Å². The van der Waals surface area contributed by atoms with Crippen LogP contribution in [0.3, 0.4) is 0 Å². The van der Waals surface area contributed by atoms with Gasteiger partial charge in [0.2, 0.25) is 5.76 Å². The second-order valence-electron chi connectivity index (χ2n) is 5.64. The van der Waals surface area contributed by atoms with Crippen LogP contribution in [0.1, 0.15) is 28.8 Å². The summed E-state index contributed by atoms with van der Waals surface area (Å²) in [6, 6.07) is 8.00. The third-order valence-electron chi connectivity index (χ3n) is 3.79. The number of carbonyl (C=O) groups is 3. The molecule has 146 valence electrons. The van der Waals surface area contributed by atoms with Gasteiger partial charge in [0.05, 0.1) is 25.2 Å². The third-order valence-corrected chi connectivity index (χ3v) is 4.94. The summed E-state index contributed by atoms with van der Waals surface area (Å²) in [5.74, 6) is -0.243. The number of methoxy groups -OCH3 is 1. The van der Waals surface area contributed by atoms with Crippen molar-refractivity contribution in [3.8, 4) is 5.75 Å². The predicted molar refractivity (Wildman–Crippen MR) is 104 cm³/mol. The summed E-state index contributed by atoms with van der Waals surface area (Å²) in [5.41, 5.74) is 0.603. The van der Waals surface area contributed by atoms with Gasteiger partial charge in [-0.2, -0.15) is 0 Å². The van der Waals surface area contributed by atoms with E-state index in [0.717, 1.165) is 16.7 Å². The summed E-state index contributed by atoms with van der Waals surface area (Å²) >= 11 is 6.85. The Morgan fingerprint density at radius 3 is 2.79 bits per heavy atom. The van der Waals surface area contributed by atoms with Gasteiger partial charge >= 0.3 is 5.97 Å². The number of nitrogens with zero attached hydrogens (tertiary/aromatic N) is 1. The number of benzene rings is 1. The molecule has 2 heterocycles. The molecule has 7 nitrogen and oxygen atoms in total. The van der Waals surface area contributed by atoms with Crippen molar-refractivity contribution in [1.29, 1.82) is 0 Å². The van der Waals surface area contributed by atoms with Gasteiger partial charge in [-0.1, -0.05) is 11.6 Å². The minimum Gasteiger partial charge on any atom is -0.493 e. The highest BCUT2D eigenvalue weighted by Gasteiger charge is 2.36. The van der Waals surface area contributed by atoms with Crippen molar-refractivity contribution in [2.24, 2.45) is 0 Å². The Morgan fingerprint density at radius 2 is 2.07 bits per heavy atom. The number of thioether (sulfide) groups is 1. The summed E-state index contributed by atoms with van der Waals surface area (Å²) < 4.78 is 15.4. The predicted octanol–water partition coefficient (Wildman–Crippen LogP) is 4.35. The molecule has 1 saturated heterocycles. The number of hydrogen-bond acceptors (Lipinski definition) is 7. The van der Waals surface area contributed by atoms with E-state index in [2.05, 4.69) is 4.74 Å². The molecule has 2 aromatic rings. The van der Waals surface area contributed by atoms with E-state index in [9.17, 15) is 14.4 Å². The standard InChI is InChI=1S/C19H16ClNO6S/c1-3-26-14-6-4-12(20)8-11(14)9-16-17(22)21(19(24)28-16)10-13-5-7-15(27-13)18(23)25-2/h4-9H,3,10H2,1-2H3. The lowest BCUT2D eigenvalue weighted by molar-refractivity contribution is -0.123. The Balaban J connectivity index is 1.82. The Hall–Kier alpha value is -2.71. The lowest BCUT2D eigenvalue weighted by atomic mass is 10.2. The maximum absolute atomic E-state index is 12.7. The highest BCUT2D eigenvalue weighted by Crippen LogP contribution is 2.35. The number of rotatable bonds is 6. The number of imide groups is 1. The van der Waals surface area contributed by atoms with E-state index < -0.39 is 17.1 Å². The van der Waals surface area contributed by atoms with Crippen LogP contribution in [0.25, 0.3) is 6.08 Å². The minimum atomic E-state index is -0.635. The zero-order valence-corrected chi connectivity index (χ0v) is 16.6. The molecule has 1 aliphatic rings. The van der Waals surface area contributed by atoms with Crippen molar-refractivity contribution in [3.63, 3.8) is 0 Å². The average molecular weight is 422 g/mol. The van der Waals surface area contributed by atoms with Crippen molar-refractivity contribution in [1.82, 2.24) is 4.90 Å². The fourth-order valence-corrected chi connectivity index (χ4v) is 3.54. The molecule has 3 rings (SSSR count). The van der Waals surface area contributed by atoms with Crippen LogP contribution in [-0.4, -0.2) is 35.7 Å². The monoisotopic (exact) mass is 421 g/mol. The van der Waals surface area contributed by atoms with E-state index in [-0.39, 0.29) is 17.2 Å². The lowest BCUT2D eigenvalue weighted by Crippen LogP contribution is -2.27. The molecule has 0 aliphatic carbocycles. The molecule has 2 amide bonds. The first-order chi connectivity index (χ1) is 13.4. The number of esters is 1. The van der Waals surface area contributed by atoms with Gasteiger partial charge in [-0.05, 0) is 55.1 Å². The Kier molecular flexibility index (Phi) is 6.11. The molecule has 0 radical (unpaired) electrons. The summed E-state index contributed by atoms with van der Waals surface area (Å²) in [6.45, 7) is 2.20. The number of amides is 2. The van der Waals surface area contributed by atoms with Gasteiger partial charge in [-0.15, -0.1) is 0 Å². The van der Waals surface area contributed by atoms with Gasteiger partial charge in [0, 0.05) is 10.6 Å². The summed E-state index contributed by atoms with van der Waals surface area (Å²) in [7, 11) is 1.23. The molecular weight excluding hydrogens is 406 g/mol. The molecule has 1 aromatic carbocycles. The van der Waals surface area contributed by atoms with Gasteiger partial charge in [-0.3, -0.25) is 14.5 Å². The molecule has 9 heteroatoms. The van der Waals surface area contributed by atoms with E-state index in [4.69, 9.17) is 20.8 Å². The van der Waals surface area contributed by atoms with E-state index in [1.807, 2.05) is 6.92 Å². The smallest absolute Gasteiger partial charge is 0.373 e. The van der Waals surface area contributed by atoms with Crippen molar-refractivity contribution in [2.45, 2.75) is 13.5 Å². The normalized spacial score (nSPS) is 15.4. The fourth-order valence-electron chi connectivity index (χ4n) is 2.53. The van der Waals surface area contributed by atoms with Crippen LogP contribution in [-0.2, 0) is 16.1 Å². The quantitative estimate of drug-likeness (QED) is 0.506. The number of ether oxygens (including phenoxy) is 2. The Morgan fingerprint density at radius 1 is 1.29 bits per heavy atom. The van der Waals surface area contributed by atoms with E-state index >= 15 is 0 Å². The zero-order valence-electron chi connectivity index (χ0n) is 15.1. The molecular formula is C19H16ClNO6S. The van der Waals surface area contributed by atoms with Crippen LogP contribution in [0.2, 0.25) is 5.02 Å². The number of hydrogen-bond donors (Lipinski definition) is 0. The Labute approximate surface area is 170 Å². The molecule has 0 unspecified atom stereocenters. The van der Waals surface area contributed by atoms with Crippen LogP contribution in [0.4, 0.5) is 4.79 Å². The molecule has 0 atom stereocenters. The maximum Gasteiger partial charge on any atom is 0.373 e. The van der Waals surface area contributed by atoms with Crippen molar-refractivity contribution in [2.75, 3.05) is 13.7 Å². The average Bonchev–Trinajstić information content (AvgIpc) is 3.24. The lowest BCUT2D eigenvalue weighted by Gasteiger charge is -2.10. The Bertz CT molecular complexity index is 967. The van der Waals surface area contributed by atoms with Gasteiger partial charge in [0.1, 0.15) is 11.5 Å². The second-order valence-corrected chi connectivity index (χ2v) is 7.07. The van der Waals surface area contributed by atoms with E-state index in [1.54, 1.807) is 24.3 Å². The molecule has 0 N–H and O–H groups in total. The van der Waals surface area contributed by atoms with E-state index in [1.165, 1.54) is 19.2 Å². The molecule has 0 spiro atoms. The van der Waals surface area contributed by atoms with Crippen LogP contribution in [0.15, 0.2) is 39.7 Å². The van der Waals surface area contributed by atoms with Crippen LogP contribution < -0.4 is 4.74 Å². The number of furan rings is 1. The highest BCUT2D eigenvalue weighted by molar-refractivity contribution is 8.18. The molecule has 28 heavy (non-hydrogen) atoms. The van der Waals surface area contributed by atoms with Crippen molar-refractivity contribution >= 4 is 46.6 Å². The van der Waals surface area contributed by atoms with Gasteiger partial charge in [0.15, 0.2) is 0 Å². The topological polar surface area (TPSA) is 86.1 Å². The van der Waals surface area contributed by atoms with E-state index in [0.29, 0.717) is 28.7 Å². The number of halogens is 1. The van der Waals surface area contributed by atoms with Crippen LogP contribution in [0.5, 0.6) is 5.75 Å². The van der Waals surface area contributed by atoms with Crippen molar-refractivity contribution < 1.29 is 28.3 Å². The minimum absolute atomic E-state index is 0.000275.